The molecule has 0 saturated heterocycles. The molecule has 1 unspecified atom stereocenters. The summed E-state index contributed by atoms with van der Waals surface area (Å²) in [4.78, 5) is 12.6. The average molecular weight is 375 g/mol. The number of carbonyl (C=O) groups excluding carboxylic acids is 1. The van der Waals surface area contributed by atoms with Crippen LogP contribution in [0.3, 0.4) is 0 Å². The van der Waals surface area contributed by atoms with Gasteiger partial charge in [-0.05, 0) is 49.2 Å². The molecule has 0 spiro atoms. The molecule has 1 amide bonds. The number of fused-ring (bicyclic) bond motifs is 2. The third kappa shape index (κ3) is 3.32. The summed E-state index contributed by atoms with van der Waals surface area (Å²) in [6.45, 7) is 3.17. The molecular weight excluding hydrogens is 355 g/mol. The molecule has 1 aromatic heterocycles. The molecule has 0 fully saturated rings. The third-order valence-corrected chi connectivity index (χ3v) is 4.73. The molecule has 4 rings (SSSR count). The zero-order valence-electron chi connectivity index (χ0n) is 14.3. The molecule has 0 aliphatic carbocycles. The van der Waals surface area contributed by atoms with Crippen molar-refractivity contribution in [1.82, 2.24) is 5.32 Å². The van der Waals surface area contributed by atoms with Gasteiger partial charge in [-0.3, -0.25) is 4.79 Å². The lowest BCUT2D eigenvalue weighted by atomic mass is 9.99. The summed E-state index contributed by atoms with van der Waals surface area (Å²) in [5, 5.41) is 6.87. The zero-order chi connectivity index (χ0) is 17.4. The van der Waals surface area contributed by atoms with Gasteiger partial charge in [-0.1, -0.05) is 24.3 Å². The van der Waals surface area contributed by atoms with E-state index in [9.17, 15) is 9.18 Å². The average Bonchev–Trinajstić information content (AvgIpc) is 3.07. The summed E-state index contributed by atoms with van der Waals surface area (Å²) in [6.07, 6.45) is 0.629. The summed E-state index contributed by atoms with van der Waals surface area (Å²) in [6, 6.07) is 13.0. The van der Waals surface area contributed by atoms with Crippen molar-refractivity contribution in [2.45, 2.75) is 25.8 Å². The Bertz CT molecular complexity index is 921. The van der Waals surface area contributed by atoms with Crippen molar-refractivity contribution in [1.29, 1.82) is 0 Å². The molecule has 4 nitrogen and oxygen atoms in total. The van der Waals surface area contributed by atoms with Crippen molar-refractivity contribution in [3.63, 3.8) is 0 Å². The van der Waals surface area contributed by atoms with Crippen LogP contribution in [0.5, 0.6) is 0 Å². The summed E-state index contributed by atoms with van der Waals surface area (Å²) >= 11 is 0. The van der Waals surface area contributed by atoms with Gasteiger partial charge < -0.3 is 15.1 Å². The lowest BCUT2D eigenvalue weighted by Crippen LogP contribution is -2.25. The standard InChI is InChI=1S/C20H19FN2O2.ClH/c1-12(18-10-13-4-2-3-5-17(13)25-18)20(24)23-16-7-6-14-11-22-9-8-15(14)19(16)21;/h2-7,10,12,22H,8-9,11H2,1H3,(H,23,24);1H. The molecule has 1 atom stereocenters. The maximum absolute atomic E-state index is 14.7. The molecule has 0 radical (unpaired) electrons. The lowest BCUT2D eigenvalue weighted by molar-refractivity contribution is -0.117. The molecule has 6 heteroatoms. The highest BCUT2D eigenvalue weighted by Gasteiger charge is 2.22. The Morgan fingerprint density at radius 1 is 1.27 bits per heavy atom. The molecule has 136 valence electrons. The predicted octanol–water partition coefficient (Wildman–Crippen LogP) is 4.38. The Labute approximate surface area is 157 Å². The first-order valence-electron chi connectivity index (χ1n) is 8.44. The Hall–Kier alpha value is -2.37. The quantitative estimate of drug-likeness (QED) is 0.715. The number of anilines is 1. The fourth-order valence-electron chi connectivity index (χ4n) is 3.22. The second-order valence-electron chi connectivity index (χ2n) is 6.39. The van der Waals surface area contributed by atoms with Crippen LogP contribution in [0.15, 0.2) is 46.9 Å². The molecular formula is C20H20ClFN2O2. The largest absolute Gasteiger partial charge is 0.460 e. The molecule has 1 aliphatic heterocycles. The summed E-state index contributed by atoms with van der Waals surface area (Å²) in [5.41, 5.74) is 2.61. The van der Waals surface area contributed by atoms with E-state index < -0.39 is 5.92 Å². The highest BCUT2D eigenvalue weighted by atomic mass is 35.5. The van der Waals surface area contributed by atoms with Crippen molar-refractivity contribution in [2.75, 3.05) is 11.9 Å². The number of rotatable bonds is 3. The number of amides is 1. The molecule has 26 heavy (non-hydrogen) atoms. The molecule has 2 N–H and O–H groups in total. The van der Waals surface area contributed by atoms with Gasteiger partial charge in [0.1, 0.15) is 17.2 Å². The van der Waals surface area contributed by atoms with Crippen molar-refractivity contribution >= 4 is 35.0 Å². The summed E-state index contributed by atoms with van der Waals surface area (Å²) < 4.78 is 20.4. The second kappa shape index (κ2) is 7.48. The van der Waals surface area contributed by atoms with Gasteiger partial charge in [0.25, 0.3) is 0 Å². The van der Waals surface area contributed by atoms with Crippen LogP contribution in [0.4, 0.5) is 10.1 Å². The molecule has 2 aromatic carbocycles. The van der Waals surface area contributed by atoms with E-state index in [2.05, 4.69) is 10.6 Å². The third-order valence-electron chi connectivity index (χ3n) is 4.73. The Kier molecular flexibility index (Phi) is 5.30. The van der Waals surface area contributed by atoms with E-state index in [-0.39, 0.29) is 29.8 Å². The van der Waals surface area contributed by atoms with E-state index in [1.807, 2.05) is 36.4 Å². The van der Waals surface area contributed by atoms with Gasteiger partial charge >= 0.3 is 0 Å². The minimum atomic E-state index is -0.510. The number of benzene rings is 2. The monoisotopic (exact) mass is 374 g/mol. The maximum atomic E-state index is 14.7. The van der Waals surface area contributed by atoms with Crippen LogP contribution in [-0.2, 0) is 17.8 Å². The van der Waals surface area contributed by atoms with Crippen molar-refractivity contribution in [3.05, 3.63) is 65.2 Å². The van der Waals surface area contributed by atoms with Crippen molar-refractivity contribution < 1.29 is 13.6 Å². The fraction of sp³-hybridized carbons (Fsp3) is 0.250. The normalized spacial score (nSPS) is 14.4. The number of carbonyl (C=O) groups is 1. The number of halogens is 2. The number of nitrogens with one attached hydrogen (secondary N) is 2. The highest BCUT2D eigenvalue weighted by molar-refractivity contribution is 5.96. The first-order valence-corrected chi connectivity index (χ1v) is 8.44. The Morgan fingerprint density at radius 2 is 2.08 bits per heavy atom. The SMILES string of the molecule is CC(C(=O)Nc1ccc2c(c1F)CCNC2)c1cc2ccccc2o1.Cl. The smallest absolute Gasteiger partial charge is 0.234 e. The van der Waals surface area contributed by atoms with Crippen LogP contribution < -0.4 is 10.6 Å². The second-order valence-corrected chi connectivity index (χ2v) is 6.39. The van der Waals surface area contributed by atoms with Crippen LogP contribution >= 0.6 is 12.4 Å². The first-order chi connectivity index (χ1) is 12.1. The summed E-state index contributed by atoms with van der Waals surface area (Å²) in [5.74, 6) is -0.554. The van der Waals surface area contributed by atoms with Crippen LogP contribution in [0.2, 0.25) is 0 Å². The van der Waals surface area contributed by atoms with E-state index in [1.165, 1.54) is 0 Å². The number of hydrogen-bond acceptors (Lipinski definition) is 3. The van der Waals surface area contributed by atoms with E-state index in [0.717, 1.165) is 23.1 Å². The highest BCUT2D eigenvalue weighted by Crippen LogP contribution is 2.28. The zero-order valence-corrected chi connectivity index (χ0v) is 15.2. The first kappa shape index (κ1) is 18.4. The van der Waals surface area contributed by atoms with Crippen LogP contribution in [0, 0.1) is 5.82 Å². The fourth-order valence-corrected chi connectivity index (χ4v) is 3.22. The van der Waals surface area contributed by atoms with Crippen LogP contribution in [-0.4, -0.2) is 12.5 Å². The van der Waals surface area contributed by atoms with Gasteiger partial charge in [-0.15, -0.1) is 12.4 Å². The van der Waals surface area contributed by atoms with Crippen LogP contribution in [0.25, 0.3) is 11.0 Å². The lowest BCUT2D eigenvalue weighted by Gasteiger charge is -2.20. The van der Waals surface area contributed by atoms with E-state index in [1.54, 1.807) is 13.0 Å². The van der Waals surface area contributed by atoms with Crippen molar-refractivity contribution in [3.8, 4) is 0 Å². The van der Waals surface area contributed by atoms with Crippen LogP contribution in [0.1, 0.15) is 29.7 Å². The van der Waals surface area contributed by atoms with Gasteiger partial charge in [0.15, 0.2) is 0 Å². The van der Waals surface area contributed by atoms with Gasteiger partial charge in [0.2, 0.25) is 5.91 Å². The summed E-state index contributed by atoms with van der Waals surface area (Å²) in [7, 11) is 0. The topological polar surface area (TPSA) is 54.3 Å². The predicted molar refractivity (Wildman–Crippen MR) is 102 cm³/mol. The number of furan rings is 1. The van der Waals surface area contributed by atoms with Gasteiger partial charge in [-0.2, -0.15) is 0 Å². The minimum Gasteiger partial charge on any atom is -0.460 e. The Balaban J connectivity index is 0.00000196. The molecule has 0 saturated carbocycles. The molecule has 1 aliphatic rings. The molecule has 3 aromatic rings. The van der Waals surface area contributed by atoms with E-state index in [4.69, 9.17) is 4.42 Å². The van der Waals surface area contributed by atoms with Gasteiger partial charge in [0, 0.05) is 11.9 Å². The van der Waals surface area contributed by atoms with E-state index in [0.29, 0.717) is 24.3 Å². The van der Waals surface area contributed by atoms with Gasteiger partial charge in [0.05, 0.1) is 11.6 Å². The van der Waals surface area contributed by atoms with Gasteiger partial charge in [-0.25, -0.2) is 4.39 Å². The molecule has 0 bridgehead atoms. The van der Waals surface area contributed by atoms with E-state index >= 15 is 0 Å². The van der Waals surface area contributed by atoms with Crippen molar-refractivity contribution in [2.24, 2.45) is 0 Å². The Morgan fingerprint density at radius 3 is 2.88 bits per heavy atom. The maximum Gasteiger partial charge on any atom is 0.234 e. The number of para-hydroxylation sites is 1. The number of hydrogen-bond donors (Lipinski definition) is 2. The molecule has 2 heterocycles. The minimum absolute atomic E-state index is 0.